The predicted octanol–water partition coefficient (Wildman–Crippen LogP) is 2.73. The number of aryl methyl sites for hydroxylation is 1. The average molecular weight is 265 g/mol. The molecule has 0 spiro atoms. The first kappa shape index (κ1) is 12.5. The van der Waals surface area contributed by atoms with Crippen LogP contribution in [0.1, 0.15) is 10.4 Å². The number of thiophene rings is 1. The first-order chi connectivity index (χ1) is 8.34. The highest BCUT2D eigenvalue weighted by Gasteiger charge is 1.97. The largest absolute Gasteiger partial charge is 0.311 e. The van der Waals surface area contributed by atoms with E-state index < -0.39 is 0 Å². The van der Waals surface area contributed by atoms with E-state index in [0.29, 0.717) is 0 Å². The second-order valence-electron chi connectivity index (χ2n) is 3.65. The molecule has 2 rings (SSSR count). The van der Waals surface area contributed by atoms with Crippen LogP contribution in [-0.4, -0.2) is 22.3 Å². The van der Waals surface area contributed by atoms with Crippen molar-refractivity contribution in [2.24, 2.45) is 0 Å². The molecule has 0 saturated heterocycles. The molecule has 0 bridgehead atoms. The van der Waals surface area contributed by atoms with Crippen LogP contribution in [0.2, 0.25) is 0 Å². The first-order valence-corrected chi connectivity index (χ1v) is 7.35. The molecular weight excluding hydrogens is 250 g/mol. The molecule has 0 aliphatic heterocycles. The zero-order valence-corrected chi connectivity index (χ0v) is 11.4. The lowest BCUT2D eigenvalue weighted by molar-refractivity contribution is 0.740. The van der Waals surface area contributed by atoms with Gasteiger partial charge in [-0.1, -0.05) is 17.8 Å². The third kappa shape index (κ3) is 4.46. The summed E-state index contributed by atoms with van der Waals surface area (Å²) >= 11 is 3.47. The van der Waals surface area contributed by atoms with Gasteiger partial charge in [-0.3, -0.25) is 0 Å². The number of nitrogens with zero attached hydrogens (tertiary/aromatic N) is 2. The smallest absolute Gasteiger partial charge is 0.187 e. The number of rotatable bonds is 6. The Morgan fingerprint density at radius 1 is 1.35 bits per heavy atom. The fourth-order valence-corrected chi connectivity index (χ4v) is 2.65. The molecule has 0 unspecified atom stereocenters. The Kier molecular flexibility index (Phi) is 4.97. The van der Waals surface area contributed by atoms with Gasteiger partial charge >= 0.3 is 0 Å². The summed E-state index contributed by atoms with van der Waals surface area (Å²) in [5.74, 6) is 0.994. The summed E-state index contributed by atoms with van der Waals surface area (Å²) in [4.78, 5) is 9.88. The minimum absolute atomic E-state index is 0.855. The fourth-order valence-electron chi connectivity index (χ4n) is 1.29. The molecule has 2 aromatic heterocycles. The van der Waals surface area contributed by atoms with Crippen LogP contribution in [0.3, 0.4) is 0 Å². The molecule has 1 N–H and O–H groups in total. The maximum absolute atomic E-state index is 4.25. The maximum atomic E-state index is 4.25. The van der Waals surface area contributed by atoms with Crippen molar-refractivity contribution in [1.29, 1.82) is 0 Å². The van der Waals surface area contributed by atoms with E-state index in [-0.39, 0.29) is 0 Å². The van der Waals surface area contributed by atoms with E-state index in [9.17, 15) is 0 Å². The molecule has 2 aromatic rings. The summed E-state index contributed by atoms with van der Waals surface area (Å²) in [7, 11) is 0. The normalized spacial score (nSPS) is 10.6. The van der Waals surface area contributed by atoms with E-state index in [0.717, 1.165) is 29.6 Å². The van der Waals surface area contributed by atoms with Crippen molar-refractivity contribution in [2.75, 3.05) is 12.3 Å². The highest BCUT2D eigenvalue weighted by atomic mass is 32.2. The van der Waals surface area contributed by atoms with E-state index in [2.05, 4.69) is 32.8 Å². The quantitative estimate of drug-likeness (QED) is 0.495. The molecule has 90 valence electrons. The average Bonchev–Trinajstić information content (AvgIpc) is 2.84. The zero-order valence-electron chi connectivity index (χ0n) is 9.72. The van der Waals surface area contributed by atoms with Crippen LogP contribution in [0.15, 0.2) is 35.1 Å². The molecule has 0 aromatic carbocycles. The molecule has 0 amide bonds. The van der Waals surface area contributed by atoms with Crippen LogP contribution in [-0.2, 0) is 6.54 Å². The molecule has 0 aliphatic rings. The minimum atomic E-state index is 0.855. The van der Waals surface area contributed by atoms with Gasteiger partial charge in [0.05, 0.1) is 0 Å². The van der Waals surface area contributed by atoms with Gasteiger partial charge in [0, 0.05) is 36.1 Å². The van der Waals surface area contributed by atoms with Gasteiger partial charge in [-0.15, -0.1) is 11.3 Å². The Morgan fingerprint density at radius 2 is 2.18 bits per heavy atom. The molecule has 0 atom stereocenters. The van der Waals surface area contributed by atoms with E-state index in [1.54, 1.807) is 23.1 Å². The van der Waals surface area contributed by atoms with E-state index in [1.165, 1.54) is 4.88 Å². The van der Waals surface area contributed by atoms with Crippen LogP contribution >= 0.6 is 23.1 Å². The Balaban J connectivity index is 1.61. The number of hydrogen-bond acceptors (Lipinski definition) is 5. The summed E-state index contributed by atoms with van der Waals surface area (Å²) in [5.41, 5.74) is 1.10. The van der Waals surface area contributed by atoms with Gasteiger partial charge < -0.3 is 5.32 Å². The second-order valence-corrected chi connectivity index (χ2v) is 5.74. The molecule has 2 heterocycles. The lowest BCUT2D eigenvalue weighted by Gasteiger charge is -2.02. The topological polar surface area (TPSA) is 37.8 Å². The molecule has 0 aliphatic carbocycles. The summed E-state index contributed by atoms with van der Waals surface area (Å²) < 4.78 is 0. The molecule has 5 heteroatoms. The lowest BCUT2D eigenvalue weighted by Crippen LogP contribution is -2.15. The zero-order chi connectivity index (χ0) is 11.9. The van der Waals surface area contributed by atoms with Gasteiger partial charge in [0.1, 0.15) is 0 Å². The highest BCUT2D eigenvalue weighted by Crippen LogP contribution is 2.11. The first-order valence-electron chi connectivity index (χ1n) is 5.49. The van der Waals surface area contributed by atoms with Gasteiger partial charge in [-0.05, 0) is 23.9 Å². The standard InChI is InChI=1S/C12H15N3S2/c1-10-7-14-12(15-8-10)17-6-4-13-9-11-3-2-5-16-11/h2-3,5,7-8,13H,4,6,9H2,1H3. The van der Waals surface area contributed by atoms with Gasteiger partial charge in [0.25, 0.3) is 0 Å². The molecule has 0 saturated carbocycles. The lowest BCUT2D eigenvalue weighted by atomic mass is 10.4. The van der Waals surface area contributed by atoms with Gasteiger partial charge in [-0.25, -0.2) is 9.97 Å². The third-order valence-electron chi connectivity index (χ3n) is 2.15. The fraction of sp³-hybridized carbons (Fsp3) is 0.333. The van der Waals surface area contributed by atoms with Crippen LogP contribution in [0, 0.1) is 6.92 Å². The van der Waals surface area contributed by atoms with Crippen LogP contribution in [0.4, 0.5) is 0 Å². The van der Waals surface area contributed by atoms with Gasteiger partial charge in [-0.2, -0.15) is 0 Å². The Labute approximate surface area is 110 Å². The summed E-state index contributed by atoms with van der Waals surface area (Å²) in [5, 5.41) is 6.36. The predicted molar refractivity (Wildman–Crippen MR) is 73.5 cm³/mol. The highest BCUT2D eigenvalue weighted by molar-refractivity contribution is 7.99. The van der Waals surface area contributed by atoms with Crippen LogP contribution in [0.25, 0.3) is 0 Å². The molecule has 0 fully saturated rings. The summed E-state index contributed by atoms with van der Waals surface area (Å²) in [6, 6.07) is 4.23. The van der Waals surface area contributed by atoms with E-state index in [1.807, 2.05) is 19.3 Å². The van der Waals surface area contributed by atoms with E-state index in [4.69, 9.17) is 0 Å². The summed E-state index contributed by atoms with van der Waals surface area (Å²) in [6.07, 6.45) is 3.71. The van der Waals surface area contributed by atoms with Crippen LogP contribution in [0.5, 0.6) is 0 Å². The Bertz CT molecular complexity index is 426. The SMILES string of the molecule is Cc1cnc(SCCNCc2cccs2)nc1. The van der Waals surface area contributed by atoms with Crippen molar-refractivity contribution in [2.45, 2.75) is 18.6 Å². The van der Waals surface area contributed by atoms with Crippen molar-refractivity contribution in [3.8, 4) is 0 Å². The van der Waals surface area contributed by atoms with Crippen molar-refractivity contribution in [3.63, 3.8) is 0 Å². The molecule has 0 radical (unpaired) electrons. The number of nitrogens with one attached hydrogen (secondary N) is 1. The number of aromatic nitrogens is 2. The summed E-state index contributed by atoms with van der Waals surface area (Å²) in [6.45, 7) is 3.92. The monoisotopic (exact) mass is 265 g/mol. The minimum Gasteiger partial charge on any atom is -0.311 e. The van der Waals surface area contributed by atoms with E-state index >= 15 is 0 Å². The molecule has 3 nitrogen and oxygen atoms in total. The van der Waals surface area contributed by atoms with Gasteiger partial charge in [0.15, 0.2) is 5.16 Å². The molecular formula is C12H15N3S2. The second kappa shape index (κ2) is 6.74. The van der Waals surface area contributed by atoms with Gasteiger partial charge in [0.2, 0.25) is 0 Å². The van der Waals surface area contributed by atoms with Crippen molar-refractivity contribution >= 4 is 23.1 Å². The van der Waals surface area contributed by atoms with Crippen LogP contribution < -0.4 is 5.32 Å². The number of thioether (sulfide) groups is 1. The number of hydrogen-bond donors (Lipinski definition) is 1. The van der Waals surface area contributed by atoms with Crippen molar-refractivity contribution in [1.82, 2.24) is 15.3 Å². The Hall–Kier alpha value is -0.910. The third-order valence-corrected chi connectivity index (χ3v) is 3.90. The molecule has 17 heavy (non-hydrogen) atoms. The van der Waals surface area contributed by atoms with Crippen molar-refractivity contribution in [3.05, 3.63) is 40.3 Å². The van der Waals surface area contributed by atoms with Crippen molar-refractivity contribution < 1.29 is 0 Å². The maximum Gasteiger partial charge on any atom is 0.187 e. The Morgan fingerprint density at radius 3 is 2.88 bits per heavy atom.